The Labute approximate surface area is 113 Å². The maximum Gasteiger partial charge on any atom is 0.324 e. The number of carbonyl (C=O) groups is 2. The number of morpholine rings is 1. The Balaban J connectivity index is 1.61. The van der Waals surface area contributed by atoms with Gasteiger partial charge in [0.05, 0.1) is 19.3 Å². The molecule has 3 aliphatic rings. The van der Waals surface area contributed by atoms with Gasteiger partial charge in [-0.1, -0.05) is 12.8 Å². The van der Waals surface area contributed by atoms with E-state index in [1.807, 2.05) is 0 Å². The molecule has 3 fully saturated rings. The number of urea groups is 1. The third-order valence-electron chi connectivity index (χ3n) is 4.34. The molecule has 2 aliphatic heterocycles. The van der Waals surface area contributed by atoms with Crippen molar-refractivity contribution in [2.24, 2.45) is 0 Å². The second kappa shape index (κ2) is 5.46. The molecule has 19 heavy (non-hydrogen) atoms. The zero-order valence-electron chi connectivity index (χ0n) is 11.1. The van der Waals surface area contributed by atoms with Gasteiger partial charge in [-0.05, 0) is 12.8 Å². The number of ether oxygens (including phenoxy) is 1. The Morgan fingerprint density at radius 2 is 2.16 bits per heavy atom. The number of rotatable bonds is 2. The average Bonchev–Trinajstić information content (AvgIpc) is 2.85. The first-order valence-corrected chi connectivity index (χ1v) is 7.19. The first kappa shape index (κ1) is 12.9. The van der Waals surface area contributed by atoms with Crippen molar-refractivity contribution in [1.82, 2.24) is 15.1 Å². The molecule has 6 nitrogen and oxygen atoms in total. The van der Waals surface area contributed by atoms with Crippen LogP contribution in [0.4, 0.5) is 4.79 Å². The lowest BCUT2D eigenvalue weighted by Crippen LogP contribution is -2.55. The third-order valence-corrected chi connectivity index (χ3v) is 4.34. The van der Waals surface area contributed by atoms with Crippen molar-refractivity contribution < 1.29 is 14.3 Å². The normalized spacial score (nSPS) is 32.0. The largest absolute Gasteiger partial charge is 0.375 e. The zero-order chi connectivity index (χ0) is 13.2. The van der Waals surface area contributed by atoms with Crippen LogP contribution in [0.15, 0.2) is 0 Å². The van der Waals surface area contributed by atoms with E-state index in [2.05, 4.69) is 10.2 Å². The summed E-state index contributed by atoms with van der Waals surface area (Å²) in [4.78, 5) is 27.2. The van der Waals surface area contributed by atoms with Crippen molar-refractivity contribution in [3.05, 3.63) is 0 Å². The van der Waals surface area contributed by atoms with Crippen LogP contribution in [0.5, 0.6) is 0 Å². The van der Waals surface area contributed by atoms with Crippen molar-refractivity contribution in [1.29, 1.82) is 0 Å². The topological polar surface area (TPSA) is 61.9 Å². The van der Waals surface area contributed by atoms with Crippen LogP contribution in [-0.2, 0) is 9.53 Å². The monoisotopic (exact) mass is 267 g/mol. The molecule has 2 saturated heterocycles. The second-order valence-electron chi connectivity index (χ2n) is 5.51. The smallest absolute Gasteiger partial charge is 0.324 e. The molecule has 1 N–H and O–H groups in total. The molecule has 3 rings (SSSR count). The highest BCUT2D eigenvalue weighted by Crippen LogP contribution is 2.28. The maximum atomic E-state index is 12.2. The van der Waals surface area contributed by atoms with Gasteiger partial charge in [0.25, 0.3) is 0 Å². The van der Waals surface area contributed by atoms with Gasteiger partial charge in [-0.2, -0.15) is 0 Å². The van der Waals surface area contributed by atoms with E-state index in [1.54, 1.807) is 0 Å². The molecular formula is C13H21N3O3. The minimum absolute atomic E-state index is 0.0822. The minimum atomic E-state index is -0.251. The lowest BCUT2D eigenvalue weighted by atomic mass is 9.90. The number of imide groups is 1. The van der Waals surface area contributed by atoms with Gasteiger partial charge in [0.15, 0.2) is 0 Å². The standard InChI is InChI=1S/C13H21N3O3/c17-12(16-6-5-14-13(16)18)9-15-7-8-19-11-4-2-1-3-10(11)15/h10-11H,1-9H2,(H,14,18)/t10-,11+/m0/s1. The van der Waals surface area contributed by atoms with Crippen LogP contribution >= 0.6 is 0 Å². The van der Waals surface area contributed by atoms with Crippen molar-refractivity contribution >= 4 is 11.9 Å². The molecule has 0 aromatic rings. The van der Waals surface area contributed by atoms with Crippen LogP contribution in [0.3, 0.4) is 0 Å². The van der Waals surface area contributed by atoms with Gasteiger partial charge in [0.2, 0.25) is 5.91 Å². The Hall–Kier alpha value is -1.14. The fraction of sp³-hybridized carbons (Fsp3) is 0.846. The van der Waals surface area contributed by atoms with Gasteiger partial charge >= 0.3 is 6.03 Å². The summed E-state index contributed by atoms with van der Waals surface area (Å²) in [6, 6.07) is 0.107. The molecular weight excluding hydrogens is 246 g/mol. The predicted molar refractivity (Wildman–Crippen MR) is 68.7 cm³/mol. The number of hydrogen-bond acceptors (Lipinski definition) is 4. The molecule has 0 unspecified atom stereocenters. The highest BCUT2D eigenvalue weighted by molar-refractivity contribution is 5.96. The molecule has 6 heteroatoms. The van der Waals surface area contributed by atoms with Gasteiger partial charge in [-0.25, -0.2) is 4.79 Å². The molecule has 106 valence electrons. The number of nitrogens with one attached hydrogen (secondary N) is 1. The molecule has 2 heterocycles. The summed E-state index contributed by atoms with van der Waals surface area (Å²) in [6.07, 6.45) is 4.91. The summed E-state index contributed by atoms with van der Waals surface area (Å²) in [6.45, 7) is 2.90. The molecule has 0 aromatic heterocycles. The van der Waals surface area contributed by atoms with E-state index in [-0.39, 0.29) is 18.0 Å². The Morgan fingerprint density at radius 3 is 2.95 bits per heavy atom. The molecule has 2 atom stereocenters. The number of amides is 3. The van der Waals surface area contributed by atoms with E-state index >= 15 is 0 Å². The minimum Gasteiger partial charge on any atom is -0.375 e. The highest BCUT2D eigenvalue weighted by atomic mass is 16.5. The summed E-state index contributed by atoms with van der Waals surface area (Å²) < 4.78 is 5.79. The van der Waals surface area contributed by atoms with Gasteiger partial charge in [0.1, 0.15) is 0 Å². The van der Waals surface area contributed by atoms with Crippen LogP contribution in [-0.4, -0.2) is 66.7 Å². The van der Waals surface area contributed by atoms with E-state index in [1.165, 1.54) is 17.7 Å². The summed E-state index contributed by atoms with van der Waals surface area (Å²) in [5, 5.41) is 2.67. The summed E-state index contributed by atoms with van der Waals surface area (Å²) in [5.74, 6) is -0.0822. The van der Waals surface area contributed by atoms with Gasteiger partial charge in [-0.3, -0.25) is 14.6 Å². The number of hydrogen-bond donors (Lipinski definition) is 1. The van der Waals surface area contributed by atoms with Crippen molar-refractivity contribution in [3.8, 4) is 0 Å². The first-order chi connectivity index (χ1) is 9.25. The Kier molecular flexibility index (Phi) is 3.70. The molecule has 1 aliphatic carbocycles. The molecule has 0 radical (unpaired) electrons. The van der Waals surface area contributed by atoms with Crippen LogP contribution in [0.1, 0.15) is 25.7 Å². The lowest BCUT2D eigenvalue weighted by Gasteiger charge is -2.43. The van der Waals surface area contributed by atoms with Crippen LogP contribution in [0.25, 0.3) is 0 Å². The fourth-order valence-corrected chi connectivity index (χ4v) is 3.34. The first-order valence-electron chi connectivity index (χ1n) is 7.19. The van der Waals surface area contributed by atoms with E-state index < -0.39 is 0 Å². The fourth-order valence-electron chi connectivity index (χ4n) is 3.34. The van der Waals surface area contributed by atoms with E-state index in [4.69, 9.17) is 4.74 Å². The molecule has 0 aromatic carbocycles. The molecule has 1 saturated carbocycles. The molecule has 0 bridgehead atoms. The summed E-state index contributed by atoms with van der Waals surface area (Å²) in [7, 11) is 0. The lowest BCUT2D eigenvalue weighted by molar-refractivity contribution is -0.135. The van der Waals surface area contributed by atoms with Crippen LogP contribution in [0, 0.1) is 0 Å². The van der Waals surface area contributed by atoms with Gasteiger partial charge < -0.3 is 10.1 Å². The van der Waals surface area contributed by atoms with Gasteiger partial charge in [0, 0.05) is 25.7 Å². The number of carbonyl (C=O) groups excluding carboxylic acids is 2. The Bertz CT molecular complexity index is 372. The SMILES string of the molecule is O=C(CN1CCO[C@@H]2CCCC[C@@H]21)N1CCNC1=O. The quantitative estimate of drug-likeness (QED) is 0.775. The summed E-state index contributed by atoms with van der Waals surface area (Å²) >= 11 is 0. The predicted octanol–water partition coefficient (Wildman–Crippen LogP) is 0.182. The van der Waals surface area contributed by atoms with E-state index in [0.717, 1.165) is 19.4 Å². The third kappa shape index (κ3) is 2.60. The van der Waals surface area contributed by atoms with Crippen molar-refractivity contribution in [2.45, 2.75) is 37.8 Å². The van der Waals surface area contributed by atoms with E-state index in [9.17, 15) is 9.59 Å². The van der Waals surface area contributed by atoms with E-state index in [0.29, 0.717) is 32.3 Å². The zero-order valence-corrected chi connectivity index (χ0v) is 11.1. The maximum absolute atomic E-state index is 12.2. The Morgan fingerprint density at radius 1 is 1.32 bits per heavy atom. The van der Waals surface area contributed by atoms with Gasteiger partial charge in [-0.15, -0.1) is 0 Å². The number of fused-ring (bicyclic) bond motifs is 1. The highest BCUT2D eigenvalue weighted by Gasteiger charge is 2.36. The summed E-state index contributed by atoms with van der Waals surface area (Å²) in [5.41, 5.74) is 0. The number of nitrogens with zero attached hydrogens (tertiary/aromatic N) is 2. The molecule has 0 spiro atoms. The van der Waals surface area contributed by atoms with Crippen LogP contribution < -0.4 is 5.32 Å². The second-order valence-corrected chi connectivity index (χ2v) is 5.51. The van der Waals surface area contributed by atoms with Crippen molar-refractivity contribution in [2.75, 3.05) is 32.8 Å². The molecule has 3 amide bonds. The average molecular weight is 267 g/mol. The van der Waals surface area contributed by atoms with Crippen LogP contribution in [0.2, 0.25) is 0 Å². The van der Waals surface area contributed by atoms with Crippen molar-refractivity contribution in [3.63, 3.8) is 0 Å².